The van der Waals surface area contributed by atoms with Gasteiger partial charge in [-0.1, -0.05) is 11.6 Å². The number of quaternary nitrogens is 1. The van der Waals surface area contributed by atoms with Gasteiger partial charge in [0.25, 0.3) is 5.91 Å². The van der Waals surface area contributed by atoms with Crippen molar-refractivity contribution < 1.29 is 18.9 Å². The predicted octanol–water partition coefficient (Wildman–Crippen LogP) is 1.52. The maximum absolute atomic E-state index is 13.1. The fourth-order valence-electron chi connectivity index (χ4n) is 3.86. The molecule has 2 amide bonds. The van der Waals surface area contributed by atoms with Crippen LogP contribution >= 0.6 is 11.6 Å². The van der Waals surface area contributed by atoms with E-state index in [0.717, 1.165) is 36.8 Å². The Bertz CT molecular complexity index is 849. The third-order valence-electron chi connectivity index (χ3n) is 5.32. The summed E-state index contributed by atoms with van der Waals surface area (Å²) < 4.78 is 13.1. The van der Waals surface area contributed by atoms with E-state index in [9.17, 15) is 14.0 Å². The van der Waals surface area contributed by atoms with Crippen molar-refractivity contribution in [3.63, 3.8) is 0 Å². The summed E-state index contributed by atoms with van der Waals surface area (Å²) in [5.41, 5.74) is 1.55. The molecule has 1 N–H and O–H groups in total. The molecular formula is C20H20ClFN3O2+. The lowest BCUT2D eigenvalue weighted by molar-refractivity contribution is -0.915. The molecule has 0 spiro atoms. The second kappa shape index (κ2) is 7.29. The monoisotopic (exact) mass is 388 g/mol. The van der Waals surface area contributed by atoms with Crippen molar-refractivity contribution in [2.75, 3.05) is 36.0 Å². The predicted molar refractivity (Wildman–Crippen MR) is 102 cm³/mol. The first-order valence-corrected chi connectivity index (χ1v) is 9.38. The minimum Gasteiger partial charge on any atom is -0.360 e. The van der Waals surface area contributed by atoms with Crippen LogP contribution in [0.3, 0.4) is 0 Å². The van der Waals surface area contributed by atoms with Gasteiger partial charge in [0, 0.05) is 10.7 Å². The van der Waals surface area contributed by atoms with Crippen molar-refractivity contribution in [3.05, 3.63) is 59.4 Å². The number of piperazine rings is 1. The van der Waals surface area contributed by atoms with Gasteiger partial charge in [0.1, 0.15) is 5.82 Å². The molecule has 2 fully saturated rings. The normalized spacial score (nSPS) is 21.2. The molecule has 7 heteroatoms. The lowest BCUT2D eigenvalue weighted by Gasteiger charge is -2.35. The Kier molecular flexibility index (Phi) is 4.85. The van der Waals surface area contributed by atoms with E-state index in [4.69, 9.17) is 11.6 Å². The van der Waals surface area contributed by atoms with Crippen LogP contribution in [-0.2, 0) is 9.59 Å². The molecule has 2 heterocycles. The average Bonchev–Trinajstić information content (AvgIpc) is 2.98. The number of hydrogen-bond donors (Lipinski definition) is 1. The van der Waals surface area contributed by atoms with Gasteiger partial charge in [0.2, 0.25) is 5.91 Å². The van der Waals surface area contributed by atoms with E-state index in [1.165, 1.54) is 17.0 Å². The first-order valence-electron chi connectivity index (χ1n) is 9.00. The number of amides is 2. The summed E-state index contributed by atoms with van der Waals surface area (Å²) in [4.78, 5) is 29.9. The van der Waals surface area contributed by atoms with Crippen LogP contribution in [0.5, 0.6) is 0 Å². The fourth-order valence-corrected chi connectivity index (χ4v) is 3.99. The summed E-state index contributed by atoms with van der Waals surface area (Å²) >= 11 is 5.90. The van der Waals surface area contributed by atoms with Gasteiger partial charge in [0.15, 0.2) is 6.04 Å². The Morgan fingerprint density at radius 2 is 1.52 bits per heavy atom. The minimum atomic E-state index is -0.344. The van der Waals surface area contributed by atoms with Gasteiger partial charge in [0.05, 0.1) is 38.3 Å². The number of nitrogens with one attached hydrogen (secondary N) is 1. The molecule has 0 aromatic heterocycles. The largest absolute Gasteiger partial charge is 0.360 e. The van der Waals surface area contributed by atoms with Crippen LogP contribution in [0.1, 0.15) is 6.42 Å². The van der Waals surface area contributed by atoms with Crippen molar-refractivity contribution in [3.8, 4) is 0 Å². The molecule has 2 saturated heterocycles. The van der Waals surface area contributed by atoms with Crippen LogP contribution in [0.25, 0.3) is 0 Å². The molecule has 4 rings (SSSR count). The van der Waals surface area contributed by atoms with E-state index in [1.807, 2.05) is 0 Å². The number of imide groups is 1. The molecule has 2 aliphatic rings. The van der Waals surface area contributed by atoms with E-state index < -0.39 is 0 Å². The highest BCUT2D eigenvalue weighted by atomic mass is 35.5. The summed E-state index contributed by atoms with van der Waals surface area (Å²) in [7, 11) is 0. The summed E-state index contributed by atoms with van der Waals surface area (Å²) in [5.74, 6) is -0.561. The Balaban J connectivity index is 1.43. The number of benzene rings is 2. The van der Waals surface area contributed by atoms with E-state index >= 15 is 0 Å². The molecule has 0 aliphatic carbocycles. The molecule has 2 aromatic rings. The third-order valence-corrected chi connectivity index (χ3v) is 5.57. The van der Waals surface area contributed by atoms with Gasteiger partial charge in [-0.2, -0.15) is 0 Å². The van der Waals surface area contributed by atoms with E-state index in [0.29, 0.717) is 10.7 Å². The SMILES string of the molecule is O=C1C[C@H]([NH+]2CCN(c3ccc(F)cc3)CC2)C(=O)N1c1ccc(Cl)cc1. The van der Waals surface area contributed by atoms with Crippen LogP contribution in [0.4, 0.5) is 15.8 Å². The van der Waals surface area contributed by atoms with Crippen molar-refractivity contribution in [1.29, 1.82) is 0 Å². The number of anilines is 2. The van der Waals surface area contributed by atoms with Crippen LogP contribution in [-0.4, -0.2) is 44.0 Å². The lowest BCUT2D eigenvalue weighted by atomic mass is 10.1. The number of nitrogens with zero attached hydrogens (tertiary/aromatic N) is 2. The highest BCUT2D eigenvalue weighted by molar-refractivity contribution is 6.30. The van der Waals surface area contributed by atoms with Gasteiger partial charge < -0.3 is 9.80 Å². The van der Waals surface area contributed by atoms with Crippen molar-refractivity contribution >= 4 is 34.8 Å². The molecule has 2 aliphatic heterocycles. The van der Waals surface area contributed by atoms with Gasteiger partial charge in [-0.05, 0) is 48.5 Å². The van der Waals surface area contributed by atoms with E-state index in [-0.39, 0.29) is 30.1 Å². The third kappa shape index (κ3) is 3.55. The first-order chi connectivity index (χ1) is 13.0. The standard InChI is InChI=1S/C20H19ClFN3O2/c21-14-1-5-17(6-2-14)25-19(26)13-18(20(25)27)24-11-9-23(10-12-24)16-7-3-15(22)4-8-16/h1-8,18H,9-13H2/p+1/t18-/m0/s1. The maximum Gasteiger partial charge on any atom is 0.292 e. The number of halogens is 2. The van der Waals surface area contributed by atoms with Crippen LogP contribution < -0.4 is 14.7 Å². The van der Waals surface area contributed by atoms with Crippen LogP contribution in [0, 0.1) is 5.82 Å². The highest BCUT2D eigenvalue weighted by Gasteiger charge is 2.46. The summed E-state index contributed by atoms with van der Waals surface area (Å²) in [5, 5.41) is 0.567. The summed E-state index contributed by atoms with van der Waals surface area (Å²) in [6, 6.07) is 12.9. The molecule has 0 unspecified atom stereocenters. The highest BCUT2D eigenvalue weighted by Crippen LogP contribution is 2.24. The number of carbonyl (C=O) groups excluding carboxylic acids is 2. The van der Waals surface area contributed by atoms with Crippen LogP contribution in [0.2, 0.25) is 5.02 Å². The second-order valence-electron chi connectivity index (χ2n) is 6.92. The summed E-state index contributed by atoms with van der Waals surface area (Å²) in [6.07, 6.45) is 0.230. The Morgan fingerprint density at radius 1 is 0.926 bits per heavy atom. The van der Waals surface area contributed by atoms with Gasteiger partial charge >= 0.3 is 0 Å². The maximum atomic E-state index is 13.1. The second-order valence-corrected chi connectivity index (χ2v) is 7.36. The molecule has 5 nitrogen and oxygen atoms in total. The van der Waals surface area contributed by atoms with Crippen molar-refractivity contribution in [2.45, 2.75) is 12.5 Å². The van der Waals surface area contributed by atoms with E-state index in [2.05, 4.69) is 4.90 Å². The molecular weight excluding hydrogens is 369 g/mol. The quantitative estimate of drug-likeness (QED) is 0.811. The topological polar surface area (TPSA) is 45.1 Å². The summed E-state index contributed by atoms with van der Waals surface area (Å²) in [6.45, 7) is 3.05. The van der Waals surface area contributed by atoms with Crippen LogP contribution in [0.15, 0.2) is 48.5 Å². The molecule has 0 bridgehead atoms. The fraction of sp³-hybridized carbons (Fsp3) is 0.300. The first kappa shape index (κ1) is 17.9. The minimum absolute atomic E-state index is 0.146. The number of rotatable bonds is 3. The smallest absolute Gasteiger partial charge is 0.292 e. The van der Waals surface area contributed by atoms with Crippen molar-refractivity contribution in [1.82, 2.24) is 0 Å². The van der Waals surface area contributed by atoms with Crippen molar-refractivity contribution in [2.24, 2.45) is 0 Å². The molecule has 2 aromatic carbocycles. The average molecular weight is 389 g/mol. The Morgan fingerprint density at radius 3 is 2.15 bits per heavy atom. The number of hydrogen-bond acceptors (Lipinski definition) is 3. The van der Waals surface area contributed by atoms with Gasteiger partial charge in [-0.15, -0.1) is 0 Å². The zero-order valence-corrected chi connectivity index (χ0v) is 15.5. The molecule has 1 atom stereocenters. The Labute approximate surface area is 161 Å². The lowest BCUT2D eigenvalue weighted by Crippen LogP contribution is -3.19. The van der Waals surface area contributed by atoms with E-state index in [1.54, 1.807) is 36.4 Å². The molecule has 0 saturated carbocycles. The molecule has 27 heavy (non-hydrogen) atoms. The van der Waals surface area contributed by atoms with Gasteiger partial charge in [-0.25, -0.2) is 9.29 Å². The zero-order chi connectivity index (χ0) is 19.0. The molecule has 140 valence electrons. The zero-order valence-electron chi connectivity index (χ0n) is 14.7. The number of carbonyl (C=O) groups is 2. The van der Waals surface area contributed by atoms with Gasteiger partial charge in [-0.3, -0.25) is 9.59 Å². The Hall–Kier alpha value is -2.44. The molecule has 0 radical (unpaired) electrons.